The van der Waals surface area contributed by atoms with Gasteiger partial charge in [0.2, 0.25) is 5.91 Å². The summed E-state index contributed by atoms with van der Waals surface area (Å²) < 4.78 is 0. The molecule has 0 radical (unpaired) electrons. The molecule has 0 spiro atoms. The zero-order chi connectivity index (χ0) is 13.1. The number of carbonyl (C=O) groups excluding carboxylic acids is 2. The van der Waals surface area contributed by atoms with Gasteiger partial charge in [-0.3, -0.25) is 4.79 Å². The number of nitrogens with two attached hydrogens (primary N) is 1. The van der Waals surface area contributed by atoms with Crippen LogP contribution in [0, 0.1) is 0 Å². The van der Waals surface area contributed by atoms with E-state index in [0.717, 1.165) is 0 Å². The van der Waals surface area contributed by atoms with Crippen molar-refractivity contribution in [1.82, 2.24) is 5.32 Å². The van der Waals surface area contributed by atoms with E-state index in [1.807, 2.05) is 0 Å². The Morgan fingerprint density at radius 2 is 1.76 bits per heavy atom. The third-order valence-corrected chi connectivity index (χ3v) is 2.40. The first-order valence-corrected chi connectivity index (χ1v) is 5.34. The van der Waals surface area contributed by atoms with Gasteiger partial charge >= 0.3 is 6.03 Å². The van der Waals surface area contributed by atoms with Gasteiger partial charge in [-0.2, -0.15) is 0 Å². The number of benzene rings is 1. The summed E-state index contributed by atoms with van der Waals surface area (Å²) in [6.45, 7) is 3.05. The zero-order valence-corrected chi connectivity index (χ0v) is 10.3. The van der Waals surface area contributed by atoms with Crippen molar-refractivity contribution in [1.29, 1.82) is 0 Å². The molecule has 92 valence electrons. The molecule has 0 heterocycles. The second-order valence-electron chi connectivity index (χ2n) is 4.08. The average Bonchev–Trinajstić information content (AvgIpc) is 2.20. The lowest BCUT2D eigenvalue weighted by Crippen LogP contribution is -2.54. The van der Waals surface area contributed by atoms with E-state index in [9.17, 15) is 9.59 Å². The number of halogens is 1. The molecule has 0 aliphatic heterocycles. The van der Waals surface area contributed by atoms with Gasteiger partial charge in [-0.15, -0.1) is 0 Å². The summed E-state index contributed by atoms with van der Waals surface area (Å²) in [5, 5.41) is 5.60. The Bertz CT molecular complexity index is 429. The van der Waals surface area contributed by atoms with Crippen molar-refractivity contribution in [2.75, 3.05) is 5.32 Å². The van der Waals surface area contributed by atoms with Crippen LogP contribution in [0.25, 0.3) is 0 Å². The number of hydrogen-bond donors (Lipinski definition) is 3. The molecule has 6 heteroatoms. The second kappa shape index (κ2) is 5.05. The Hall–Kier alpha value is -1.75. The van der Waals surface area contributed by atoms with Crippen LogP contribution < -0.4 is 16.4 Å². The highest BCUT2D eigenvalue weighted by Crippen LogP contribution is 2.13. The highest BCUT2D eigenvalue weighted by molar-refractivity contribution is 6.30. The summed E-state index contributed by atoms with van der Waals surface area (Å²) in [5.74, 6) is -0.608. The van der Waals surface area contributed by atoms with Crippen molar-refractivity contribution in [3.63, 3.8) is 0 Å². The second-order valence-corrected chi connectivity index (χ2v) is 4.51. The normalized spacial score (nSPS) is 10.8. The Labute approximate surface area is 104 Å². The topological polar surface area (TPSA) is 84.2 Å². The molecule has 0 aliphatic rings. The van der Waals surface area contributed by atoms with Crippen LogP contribution in [0.3, 0.4) is 0 Å². The van der Waals surface area contributed by atoms with Gasteiger partial charge in [0.1, 0.15) is 5.54 Å². The maximum atomic E-state index is 11.6. The van der Waals surface area contributed by atoms with Gasteiger partial charge in [0.05, 0.1) is 0 Å². The number of amides is 3. The number of anilines is 1. The van der Waals surface area contributed by atoms with Gasteiger partial charge in [-0.1, -0.05) is 11.6 Å². The Morgan fingerprint density at radius 3 is 2.24 bits per heavy atom. The molecule has 0 aliphatic carbocycles. The van der Waals surface area contributed by atoms with Crippen LogP contribution in [0.15, 0.2) is 24.3 Å². The van der Waals surface area contributed by atoms with Crippen LogP contribution >= 0.6 is 11.6 Å². The maximum Gasteiger partial charge on any atom is 0.320 e. The van der Waals surface area contributed by atoms with Crippen molar-refractivity contribution in [2.24, 2.45) is 5.73 Å². The van der Waals surface area contributed by atoms with Crippen molar-refractivity contribution in [3.05, 3.63) is 29.3 Å². The molecule has 4 N–H and O–H groups in total. The number of urea groups is 1. The third-order valence-electron chi connectivity index (χ3n) is 2.14. The molecule has 0 saturated heterocycles. The quantitative estimate of drug-likeness (QED) is 0.768. The summed E-state index contributed by atoms with van der Waals surface area (Å²) in [7, 11) is 0. The van der Waals surface area contributed by atoms with E-state index < -0.39 is 17.5 Å². The minimum Gasteiger partial charge on any atom is -0.368 e. The monoisotopic (exact) mass is 255 g/mol. The Morgan fingerprint density at radius 1 is 1.24 bits per heavy atom. The highest BCUT2D eigenvalue weighted by atomic mass is 35.5. The smallest absolute Gasteiger partial charge is 0.320 e. The maximum absolute atomic E-state index is 11.6. The minimum atomic E-state index is -1.10. The zero-order valence-electron chi connectivity index (χ0n) is 9.58. The largest absolute Gasteiger partial charge is 0.368 e. The van der Waals surface area contributed by atoms with Crippen molar-refractivity contribution < 1.29 is 9.59 Å². The SMILES string of the molecule is CC(C)(NC(=O)Nc1ccc(Cl)cc1)C(N)=O. The minimum absolute atomic E-state index is 0.504. The fraction of sp³-hybridized carbons (Fsp3) is 0.273. The molecule has 3 amide bonds. The molecule has 0 saturated carbocycles. The lowest BCUT2D eigenvalue weighted by molar-refractivity contribution is -0.122. The summed E-state index contributed by atoms with van der Waals surface area (Å²) in [4.78, 5) is 22.6. The Kier molecular flexibility index (Phi) is 3.96. The molecule has 1 aromatic rings. The molecule has 0 unspecified atom stereocenters. The lowest BCUT2D eigenvalue weighted by Gasteiger charge is -2.22. The van der Waals surface area contributed by atoms with Crippen molar-refractivity contribution in [3.8, 4) is 0 Å². The van der Waals surface area contributed by atoms with Gasteiger partial charge in [-0.05, 0) is 38.1 Å². The van der Waals surface area contributed by atoms with E-state index in [1.165, 1.54) is 13.8 Å². The lowest BCUT2D eigenvalue weighted by atomic mass is 10.1. The molecule has 0 fully saturated rings. The summed E-state index contributed by atoms with van der Waals surface area (Å²) in [5.41, 5.74) is 4.61. The number of rotatable bonds is 3. The first kappa shape index (κ1) is 13.3. The molecule has 5 nitrogen and oxygen atoms in total. The number of carbonyl (C=O) groups is 2. The molecule has 0 aromatic heterocycles. The standard InChI is InChI=1S/C11H14ClN3O2/c1-11(2,9(13)16)15-10(17)14-8-5-3-7(12)4-6-8/h3-6H,1-2H3,(H2,13,16)(H2,14,15,17). The number of primary amides is 1. The van der Waals surface area contributed by atoms with E-state index in [0.29, 0.717) is 10.7 Å². The van der Waals surface area contributed by atoms with Crippen molar-refractivity contribution >= 4 is 29.2 Å². The summed E-state index contributed by atoms with van der Waals surface area (Å²) in [6, 6.07) is 6.10. The van der Waals surface area contributed by atoms with E-state index in [1.54, 1.807) is 24.3 Å². The van der Waals surface area contributed by atoms with Gasteiger partial charge in [-0.25, -0.2) is 4.79 Å². The van der Waals surface area contributed by atoms with Crippen LogP contribution in [-0.2, 0) is 4.79 Å². The van der Waals surface area contributed by atoms with E-state index in [4.69, 9.17) is 17.3 Å². The van der Waals surface area contributed by atoms with Crippen LogP contribution in [0.5, 0.6) is 0 Å². The van der Waals surface area contributed by atoms with Crippen molar-refractivity contribution in [2.45, 2.75) is 19.4 Å². The molecule has 1 rings (SSSR count). The predicted octanol–water partition coefficient (Wildman–Crippen LogP) is 1.73. The van der Waals surface area contributed by atoms with Crippen LogP contribution in [-0.4, -0.2) is 17.5 Å². The van der Waals surface area contributed by atoms with Crippen LogP contribution in [0.1, 0.15) is 13.8 Å². The molecule has 1 aromatic carbocycles. The predicted molar refractivity (Wildman–Crippen MR) is 66.9 cm³/mol. The van der Waals surface area contributed by atoms with Gasteiger partial charge in [0, 0.05) is 10.7 Å². The molecular formula is C11H14ClN3O2. The molecular weight excluding hydrogens is 242 g/mol. The van der Waals surface area contributed by atoms with E-state index in [-0.39, 0.29) is 0 Å². The fourth-order valence-electron chi connectivity index (χ4n) is 1.04. The van der Waals surface area contributed by atoms with Crippen LogP contribution in [0.4, 0.5) is 10.5 Å². The summed E-state index contributed by atoms with van der Waals surface area (Å²) >= 11 is 5.71. The first-order chi connectivity index (χ1) is 7.81. The fourth-order valence-corrected chi connectivity index (χ4v) is 1.17. The number of nitrogens with one attached hydrogen (secondary N) is 2. The highest BCUT2D eigenvalue weighted by Gasteiger charge is 2.26. The Balaban J connectivity index is 2.62. The average molecular weight is 256 g/mol. The molecule has 0 atom stereocenters. The van der Waals surface area contributed by atoms with E-state index in [2.05, 4.69) is 10.6 Å². The summed E-state index contributed by atoms with van der Waals surface area (Å²) in [6.07, 6.45) is 0. The molecule has 17 heavy (non-hydrogen) atoms. The van der Waals surface area contributed by atoms with Gasteiger partial charge in [0.15, 0.2) is 0 Å². The first-order valence-electron chi connectivity index (χ1n) is 4.96. The number of hydrogen-bond acceptors (Lipinski definition) is 2. The van der Waals surface area contributed by atoms with Gasteiger partial charge < -0.3 is 16.4 Å². The third kappa shape index (κ3) is 3.96. The molecule has 0 bridgehead atoms. The van der Waals surface area contributed by atoms with Gasteiger partial charge in [0.25, 0.3) is 0 Å². The van der Waals surface area contributed by atoms with E-state index >= 15 is 0 Å². The van der Waals surface area contributed by atoms with Crippen LogP contribution in [0.2, 0.25) is 5.02 Å².